The highest BCUT2D eigenvalue weighted by atomic mass is 16.5. The van der Waals surface area contributed by atoms with E-state index in [0.717, 1.165) is 5.56 Å². The van der Waals surface area contributed by atoms with Crippen LogP contribution in [0, 0.1) is 0 Å². The number of aromatic nitrogens is 2. The number of carbonyl (C=O) groups excluding carboxylic acids is 2. The Bertz CT molecular complexity index is 1190. The van der Waals surface area contributed by atoms with Crippen LogP contribution in [-0.4, -0.2) is 46.0 Å². The molecule has 1 aromatic heterocycles. The lowest BCUT2D eigenvalue weighted by Crippen LogP contribution is -2.42. The summed E-state index contributed by atoms with van der Waals surface area (Å²) in [5.41, 5.74) is 2.37. The quantitative estimate of drug-likeness (QED) is 0.676. The maximum atomic E-state index is 12.8. The van der Waals surface area contributed by atoms with E-state index in [0.29, 0.717) is 41.9 Å². The Morgan fingerprint density at radius 3 is 2.80 bits per heavy atom. The first kappa shape index (κ1) is 19.8. The Labute approximate surface area is 173 Å². The molecule has 154 valence electrons. The van der Waals surface area contributed by atoms with Crippen molar-refractivity contribution in [3.63, 3.8) is 0 Å². The van der Waals surface area contributed by atoms with E-state index in [-0.39, 0.29) is 17.4 Å². The van der Waals surface area contributed by atoms with Gasteiger partial charge in [-0.05, 0) is 36.8 Å². The van der Waals surface area contributed by atoms with Gasteiger partial charge in [0, 0.05) is 24.9 Å². The lowest BCUT2D eigenvalue weighted by atomic mass is 10.1. The summed E-state index contributed by atoms with van der Waals surface area (Å²) in [4.78, 5) is 43.9. The highest BCUT2D eigenvalue weighted by Gasteiger charge is 2.33. The molecule has 1 aliphatic heterocycles. The van der Waals surface area contributed by atoms with Crippen molar-refractivity contribution in [3.05, 3.63) is 70.3 Å². The zero-order valence-corrected chi connectivity index (χ0v) is 16.8. The zero-order chi connectivity index (χ0) is 21.3. The summed E-state index contributed by atoms with van der Waals surface area (Å²) in [6.07, 6.45) is 1.49. The van der Waals surface area contributed by atoms with Crippen molar-refractivity contribution in [2.45, 2.75) is 26.1 Å². The van der Waals surface area contributed by atoms with Crippen molar-refractivity contribution in [1.29, 1.82) is 0 Å². The van der Waals surface area contributed by atoms with Crippen LogP contribution >= 0.6 is 0 Å². The molecule has 1 N–H and O–H groups in total. The Morgan fingerprint density at radius 1 is 1.23 bits per heavy atom. The number of anilines is 1. The van der Waals surface area contributed by atoms with Gasteiger partial charge in [-0.3, -0.25) is 19.0 Å². The lowest BCUT2D eigenvalue weighted by molar-refractivity contribution is -0.120. The third-order valence-corrected chi connectivity index (χ3v) is 5.32. The van der Waals surface area contributed by atoms with Crippen LogP contribution in [0.3, 0.4) is 0 Å². The molecule has 1 aliphatic rings. The summed E-state index contributed by atoms with van der Waals surface area (Å²) in [6.45, 7) is 2.88. The fraction of sp³-hybridized carbons (Fsp3) is 0.273. The summed E-state index contributed by atoms with van der Waals surface area (Å²) in [5.74, 6) is -0.476. The SMILES string of the molecule is COCCn1cnc2ccc(NC(=O)C(C)N3Cc4ccccc4C3=O)cc2c1=O. The van der Waals surface area contributed by atoms with E-state index in [9.17, 15) is 14.4 Å². The lowest BCUT2D eigenvalue weighted by Gasteiger charge is -2.23. The van der Waals surface area contributed by atoms with Crippen LogP contribution < -0.4 is 10.9 Å². The predicted molar refractivity (Wildman–Crippen MR) is 112 cm³/mol. The average molecular weight is 406 g/mol. The molecule has 30 heavy (non-hydrogen) atoms. The van der Waals surface area contributed by atoms with E-state index in [4.69, 9.17) is 4.74 Å². The number of nitrogens with one attached hydrogen (secondary N) is 1. The van der Waals surface area contributed by atoms with Crippen LogP contribution in [0.15, 0.2) is 53.6 Å². The number of benzene rings is 2. The minimum atomic E-state index is -0.659. The zero-order valence-electron chi connectivity index (χ0n) is 16.8. The van der Waals surface area contributed by atoms with E-state index in [1.807, 2.05) is 18.2 Å². The minimum absolute atomic E-state index is 0.156. The molecule has 8 heteroatoms. The van der Waals surface area contributed by atoms with Gasteiger partial charge in [0.05, 0.1) is 30.4 Å². The molecule has 0 aliphatic carbocycles. The number of fused-ring (bicyclic) bond motifs is 2. The van der Waals surface area contributed by atoms with E-state index in [2.05, 4.69) is 10.3 Å². The van der Waals surface area contributed by atoms with E-state index in [1.54, 1.807) is 43.2 Å². The van der Waals surface area contributed by atoms with Gasteiger partial charge in [-0.15, -0.1) is 0 Å². The second kappa shape index (κ2) is 8.08. The molecule has 2 amide bonds. The van der Waals surface area contributed by atoms with Crippen molar-refractivity contribution < 1.29 is 14.3 Å². The molecule has 8 nitrogen and oxygen atoms in total. The van der Waals surface area contributed by atoms with Crippen molar-refractivity contribution >= 4 is 28.4 Å². The summed E-state index contributed by atoms with van der Waals surface area (Å²) in [5, 5.41) is 3.22. The monoisotopic (exact) mass is 406 g/mol. The molecule has 0 saturated carbocycles. The number of carbonyl (C=O) groups is 2. The number of hydrogen-bond donors (Lipinski definition) is 1. The van der Waals surface area contributed by atoms with E-state index < -0.39 is 6.04 Å². The second-order valence-electron chi connectivity index (χ2n) is 7.22. The average Bonchev–Trinajstić information content (AvgIpc) is 3.10. The van der Waals surface area contributed by atoms with Gasteiger partial charge in [-0.1, -0.05) is 18.2 Å². The van der Waals surface area contributed by atoms with Crippen LogP contribution in [0.25, 0.3) is 10.9 Å². The smallest absolute Gasteiger partial charge is 0.261 e. The topological polar surface area (TPSA) is 93.5 Å². The van der Waals surface area contributed by atoms with Crippen LogP contribution in [-0.2, 0) is 22.6 Å². The molecule has 2 aromatic carbocycles. The standard InChI is InChI=1S/C22H22N4O4/c1-14(26-12-15-5-3-4-6-17(15)22(26)29)20(27)24-16-7-8-19-18(11-16)21(28)25(13-23-19)9-10-30-2/h3-8,11,13-14H,9-10,12H2,1-2H3,(H,24,27). The Hall–Kier alpha value is -3.52. The first-order chi connectivity index (χ1) is 14.5. The number of methoxy groups -OCH3 is 1. The van der Waals surface area contributed by atoms with Gasteiger partial charge in [0.25, 0.3) is 11.5 Å². The molecule has 1 unspecified atom stereocenters. The van der Waals surface area contributed by atoms with Gasteiger partial charge in [-0.2, -0.15) is 0 Å². The summed E-state index contributed by atoms with van der Waals surface area (Å²) in [7, 11) is 1.57. The van der Waals surface area contributed by atoms with E-state index >= 15 is 0 Å². The third kappa shape index (κ3) is 3.57. The molecule has 0 fully saturated rings. The van der Waals surface area contributed by atoms with Gasteiger partial charge in [-0.25, -0.2) is 4.98 Å². The molecule has 3 aromatic rings. The highest BCUT2D eigenvalue weighted by Crippen LogP contribution is 2.25. The molecule has 4 rings (SSSR count). The Morgan fingerprint density at radius 2 is 2.03 bits per heavy atom. The van der Waals surface area contributed by atoms with Crippen molar-refractivity contribution in [2.24, 2.45) is 0 Å². The van der Waals surface area contributed by atoms with Crippen LogP contribution in [0.1, 0.15) is 22.8 Å². The molecular weight excluding hydrogens is 384 g/mol. The first-order valence-corrected chi connectivity index (χ1v) is 9.67. The van der Waals surface area contributed by atoms with Gasteiger partial charge in [0.2, 0.25) is 5.91 Å². The van der Waals surface area contributed by atoms with Crippen molar-refractivity contribution in [3.8, 4) is 0 Å². The maximum absolute atomic E-state index is 12.8. The van der Waals surface area contributed by atoms with Crippen LogP contribution in [0.2, 0.25) is 0 Å². The summed E-state index contributed by atoms with van der Waals surface area (Å²) < 4.78 is 6.49. The fourth-order valence-electron chi connectivity index (χ4n) is 3.56. The first-order valence-electron chi connectivity index (χ1n) is 9.67. The molecule has 0 saturated heterocycles. The number of nitrogens with zero attached hydrogens (tertiary/aromatic N) is 3. The molecule has 0 spiro atoms. The predicted octanol–water partition coefficient (Wildman–Crippen LogP) is 2.03. The Kier molecular flexibility index (Phi) is 5.33. The van der Waals surface area contributed by atoms with Crippen LogP contribution in [0.5, 0.6) is 0 Å². The third-order valence-electron chi connectivity index (χ3n) is 5.32. The van der Waals surface area contributed by atoms with Crippen molar-refractivity contribution in [1.82, 2.24) is 14.5 Å². The molecular formula is C22H22N4O4. The minimum Gasteiger partial charge on any atom is -0.383 e. The van der Waals surface area contributed by atoms with Crippen molar-refractivity contribution in [2.75, 3.05) is 19.0 Å². The summed E-state index contributed by atoms with van der Waals surface area (Å²) in [6, 6.07) is 11.7. The van der Waals surface area contributed by atoms with Crippen LogP contribution in [0.4, 0.5) is 5.69 Å². The van der Waals surface area contributed by atoms with E-state index in [1.165, 1.54) is 10.9 Å². The van der Waals surface area contributed by atoms with Gasteiger partial charge >= 0.3 is 0 Å². The maximum Gasteiger partial charge on any atom is 0.261 e. The molecule has 0 radical (unpaired) electrons. The highest BCUT2D eigenvalue weighted by molar-refractivity contribution is 6.03. The van der Waals surface area contributed by atoms with Gasteiger partial charge in [0.1, 0.15) is 6.04 Å². The number of hydrogen-bond acceptors (Lipinski definition) is 5. The second-order valence-corrected chi connectivity index (χ2v) is 7.22. The van der Waals surface area contributed by atoms with Gasteiger partial charge < -0.3 is 15.0 Å². The number of rotatable bonds is 6. The molecule has 1 atom stereocenters. The number of amides is 2. The van der Waals surface area contributed by atoms with Gasteiger partial charge in [0.15, 0.2) is 0 Å². The summed E-state index contributed by atoms with van der Waals surface area (Å²) >= 11 is 0. The largest absolute Gasteiger partial charge is 0.383 e. The fourth-order valence-corrected chi connectivity index (χ4v) is 3.56. The normalized spacial score (nSPS) is 14.1. The molecule has 0 bridgehead atoms. The Balaban J connectivity index is 1.53. The molecule has 2 heterocycles. The number of ether oxygens (including phenoxy) is 1.